The first-order valence-corrected chi connectivity index (χ1v) is 21.1. The number of rotatable bonds is 15. The molecule has 10 nitrogen and oxygen atoms in total. The Balaban J connectivity index is 0.000000217. The molecular formula is C39H44N10Sn. The molecule has 0 saturated heterocycles. The first kappa shape index (κ1) is 36.3. The summed E-state index contributed by atoms with van der Waals surface area (Å²) in [5.41, 5.74) is 5.51. The van der Waals surface area contributed by atoms with Crippen LogP contribution in [0.3, 0.4) is 0 Å². The van der Waals surface area contributed by atoms with E-state index in [1.54, 1.807) is 25.2 Å². The zero-order valence-corrected chi connectivity index (χ0v) is 31.8. The van der Waals surface area contributed by atoms with Crippen LogP contribution >= 0.6 is 0 Å². The average Bonchev–Trinajstić information content (AvgIpc) is 3.89. The molecule has 0 saturated carbocycles. The van der Waals surface area contributed by atoms with Crippen LogP contribution < -0.4 is 15.7 Å². The van der Waals surface area contributed by atoms with Gasteiger partial charge in [0.15, 0.2) is 0 Å². The maximum atomic E-state index is 4.52. The van der Waals surface area contributed by atoms with E-state index in [0.29, 0.717) is 19.6 Å². The van der Waals surface area contributed by atoms with Gasteiger partial charge < -0.3 is 19.9 Å². The summed E-state index contributed by atoms with van der Waals surface area (Å²) < 4.78 is 4.59. The zero-order valence-electron chi connectivity index (χ0n) is 28.9. The Morgan fingerprint density at radius 3 is 1.38 bits per heavy atom. The van der Waals surface area contributed by atoms with Crippen LogP contribution in [-0.4, -0.2) is 107 Å². The van der Waals surface area contributed by atoms with E-state index >= 15 is 0 Å². The summed E-state index contributed by atoms with van der Waals surface area (Å²) >= 11 is -1.98. The molecule has 6 aromatic rings. The number of aliphatic imine (C=N–C) groups is 3. The maximum absolute atomic E-state index is 4.52. The number of hydrogen-bond donors (Lipinski definition) is 2. The van der Waals surface area contributed by atoms with Gasteiger partial charge in [0.05, 0.1) is 32.3 Å². The van der Waals surface area contributed by atoms with E-state index in [-0.39, 0.29) is 0 Å². The van der Waals surface area contributed by atoms with Gasteiger partial charge >= 0.3 is 121 Å². The van der Waals surface area contributed by atoms with Crippen LogP contribution in [0, 0.1) is 20.8 Å². The molecule has 11 heteroatoms. The van der Waals surface area contributed by atoms with E-state index < -0.39 is 19.8 Å². The van der Waals surface area contributed by atoms with Crippen molar-refractivity contribution in [2.45, 2.75) is 20.8 Å². The molecule has 3 heterocycles. The minimum absolute atomic E-state index is 0.677. The van der Waals surface area contributed by atoms with Gasteiger partial charge in [-0.25, -0.2) is 9.97 Å². The van der Waals surface area contributed by atoms with E-state index in [1.165, 1.54) is 10.7 Å². The number of aryl methyl sites for hydroxylation is 3. The van der Waals surface area contributed by atoms with E-state index in [4.69, 9.17) is 0 Å². The molecule has 0 aliphatic rings. The van der Waals surface area contributed by atoms with Crippen molar-refractivity contribution in [3.63, 3.8) is 0 Å². The van der Waals surface area contributed by atoms with Gasteiger partial charge in [-0.1, -0.05) is 12.0 Å². The number of nitrogens with one attached hydrogen (secondary N) is 2. The van der Waals surface area contributed by atoms with Crippen molar-refractivity contribution in [1.82, 2.24) is 34.8 Å². The normalized spacial score (nSPS) is 11.5. The second-order valence-corrected chi connectivity index (χ2v) is 18.7. The van der Waals surface area contributed by atoms with Crippen LogP contribution in [0.1, 0.15) is 34.2 Å². The Morgan fingerprint density at radius 1 is 0.600 bits per heavy atom. The molecule has 3 aromatic carbocycles. The second kappa shape index (κ2) is 19.9. The monoisotopic (exact) mass is 772 g/mol. The van der Waals surface area contributed by atoms with Crippen molar-refractivity contribution in [2.75, 3.05) is 39.3 Å². The van der Waals surface area contributed by atoms with Crippen molar-refractivity contribution in [3.8, 4) is 0 Å². The molecule has 6 rings (SSSR count). The van der Waals surface area contributed by atoms with Crippen molar-refractivity contribution in [3.05, 3.63) is 144 Å². The van der Waals surface area contributed by atoms with E-state index in [2.05, 4.69) is 141 Å². The first-order chi connectivity index (χ1) is 24.6. The summed E-state index contributed by atoms with van der Waals surface area (Å²) in [7, 11) is 0. The van der Waals surface area contributed by atoms with Crippen LogP contribution in [0.25, 0.3) is 0 Å². The number of imidazole rings is 3. The van der Waals surface area contributed by atoms with Gasteiger partial charge in [-0.15, -0.1) is 0 Å². The Kier molecular flexibility index (Phi) is 14.5. The molecule has 50 heavy (non-hydrogen) atoms. The number of H-pyrrole nitrogens is 2. The third-order valence-corrected chi connectivity index (χ3v) is 15.8. The number of hydrogen-bond acceptors (Lipinski definition) is 7. The fourth-order valence-corrected chi connectivity index (χ4v) is 12.5. The van der Waals surface area contributed by atoms with Gasteiger partial charge in [0.2, 0.25) is 0 Å². The summed E-state index contributed by atoms with van der Waals surface area (Å²) in [4.78, 5) is 38.8. The molecule has 0 unspecified atom stereocenters. The first-order valence-electron chi connectivity index (χ1n) is 16.8. The quantitative estimate of drug-likeness (QED) is 0.122. The Hall–Kier alpha value is -4.94. The van der Waals surface area contributed by atoms with Crippen LogP contribution in [0.2, 0.25) is 0 Å². The molecule has 2 N–H and O–H groups in total. The number of aromatic nitrogens is 6. The van der Waals surface area contributed by atoms with E-state index in [1.807, 2.05) is 33.2 Å². The van der Waals surface area contributed by atoms with Crippen LogP contribution in [0.4, 0.5) is 0 Å². The molecule has 0 fully saturated rings. The third-order valence-electron chi connectivity index (χ3n) is 8.02. The van der Waals surface area contributed by atoms with Crippen LogP contribution in [-0.2, 0) is 0 Å². The second-order valence-electron chi connectivity index (χ2n) is 11.6. The molecule has 3 aromatic heterocycles. The Bertz CT molecular complexity index is 1690. The van der Waals surface area contributed by atoms with Gasteiger partial charge in [0.25, 0.3) is 0 Å². The summed E-state index contributed by atoms with van der Waals surface area (Å²) in [5, 5.41) is 0. The van der Waals surface area contributed by atoms with E-state index in [0.717, 1.165) is 53.8 Å². The van der Waals surface area contributed by atoms with Crippen molar-refractivity contribution >= 4 is 49.1 Å². The van der Waals surface area contributed by atoms with Crippen LogP contribution in [0.5, 0.6) is 0 Å². The Morgan fingerprint density at radius 2 is 1.02 bits per heavy atom. The third kappa shape index (κ3) is 11.3. The fourth-order valence-electron chi connectivity index (χ4n) is 5.16. The average molecular weight is 772 g/mol. The molecular weight excluding hydrogens is 727 g/mol. The molecule has 0 aliphatic heterocycles. The molecule has 0 amide bonds. The molecule has 0 atom stereocenters. The summed E-state index contributed by atoms with van der Waals surface area (Å²) in [6.45, 7) is 10.4. The Labute approximate surface area is 301 Å². The van der Waals surface area contributed by atoms with Gasteiger partial charge in [-0.05, 0) is 26.5 Å². The summed E-state index contributed by atoms with van der Waals surface area (Å²) in [6, 6.07) is 32.9. The van der Waals surface area contributed by atoms with E-state index in [9.17, 15) is 0 Å². The fraction of sp³-hybridized carbons (Fsp3) is 0.231. The number of benzene rings is 3. The molecule has 0 spiro atoms. The van der Waals surface area contributed by atoms with Gasteiger partial charge in [0.1, 0.15) is 11.4 Å². The van der Waals surface area contributed by atoms with Gasteiger partial charge in [-0.2, -0.15) is 0 Å². The summed E-state index contributed by atoms with van der Waals surface area (Å²) in [6.07, 6.45) is 10.3. The topological polar surface area (TPSA) is 125 Å². The predicted octanol–water partition coefficient (Wildman–Crippen LogP) is 3.57. The molecule has 254 valence electrons. The SMILES string of the molecule is Cc1nc[n-]c1C=NCCN(CCN=Cc1nc[nH]c1C)CCN=Cc1nc[nH]c1C.c1cc[c]([Sn+]([c]2ccccc2)[c]2ccccc2)cc1. The molecule has 0 bridgehead atoms. The zero-order chi connectivity index (χ0) is 34.8. The van der Waals surface area contributed by atoms with Crippen molar-refractivity contribution in [2.24, 2.45) is 15.0 Å². The van der Waals surface area contributed by atoms with Gasteiger partial charge in [-0.3, -0.25) is 19.9 Å². The number of aromatic amines is 2. The summed E-state index contributed by atoms with van der Waals surface area (Å²) in [5.74, 6) is 0. The predicted molar refractivity (Wildman–Crippen MR) is 207 cm³/mol. The number of nitrogens with zero attached hydrogens (tertiary/aromatic N) is 8. The molecule has 0 aliphatic carbocycles. The molecule has 0 radical (unpaired) electrons. The van der Waals surface area contributed by atoms with Crippen molar-refractivity contribution < 1.29 is 0 Å². The van der Waals surface area contributed by atoms with Crippen molar-refractivity contribution in [1.29, 1.82) is 0 Å². The standard InChI is InChI=1S/C21H29N10.3C6H5.Sn/c1-16-19(28-13-25-16)10-22-4-7-31(8-5-23-11-20-17(2)26-14-29-20)9-6-24-12-21-18(3)27-15-30-21;3*1-2-4-6-5-3-1;/h10-15H,4-9H2,1-3H3,(H2-,25,26,27,28,29,30);3*1-5H;/q-1;;;;+1. The van der Waals surface area contributed by atoms with Gasteiger partial charge in [0, 0.05) is 49.7 Å². The minimum atomic E-state index is -1.98. The van der Waals surface area contributed by atoms with Crippen LogP contribution in [0.15, 0.2) is 125 Å².